The maximum absolute atomic E-state index is 11.4. The van der Waals surface area contributed by atoms with Crippen LogP contribution in [0.5, 0.6) is 0 Å². The highest BCUT2D eigenvalue weighted by molar-refractivity contribution is 7.75. The molecule has 0 saturated heterocycles. The fourth-order valence-corrected chi connectivity index (χ4v) is 5.65. The van der Waals surface area contributed by atoms with Gasteiger partial charge in [0.25, 0.3) is 0 Å². The molecule has 6 N–H and O–H groups in total. The lowest BCUT2D eigenvalue weighted by molar-refractivity contribution is 0.0365. The standard InChI is InChI=1S/C14H30O18S6/c1-3-10(28-34(17)18)5-12(30-36(21)22)7-14(32-38(25)26)8-13(31-37(23)24)6-11(29-35(19)20)4-9(2)27-33(15)16/h9-14H,3-8H2,1-2H3,(H,15,16)(H,17,18)(H,19,20)(H,21,22)(H,23,24)(H,25,26). The molecule has 0 rings (SSSR count). The molecule has 0 heterocycles. The molecule has 18 nitrogen and oxygen atoms in total. The lowest BCUT2D eigenvalue weighted by Gasteiger charge is -2.27. The second-order valence-corrected chi connectivity index (χ2v) is 11.1. The van der Waals surface area contributed by atoms with E-state index >= 15 is 0 Å². The third kappa shape index (κ3) is 21.2. The number of hydrogen-bond acceptors (Lipinski definition) is 12. The highest BCUT2D eigenvalue weighted by Gasteiger charge is 2.31. The first-order valence-corrected chi connectivity index (χ1v) is 16.5. The van der Waals surface area contributed by atoms with Crippen molar-refractivity contribution in [1.82, 2.24) is 0 Å². The largest absolute Gasteiger partial charge is 0.302 e. The molecule has 0 aromatic rings. The zero-order chi connectivity index (χ0) is 29.4. The first-order valence-electron chi connectivity index (χ1n) is 10.3. The van der Waals surface area contributed by atoms with Gasteiger partial charge >= 0.3 is 68.2 Å². The summed E-state index contributed by atoms with van der Waals surface area (Å²) in [6, 6.07) is 0. The van der Waals surface area contributed by atoms with Crippen LogP contribution in [0.3, 0.4) is 0 Å². The van der Waals surface area contributed by atoms with Gasteiger partial charge in [0.1, 0.15) is 0 Å². The fourth-order valence-electron chi connectivity index (χ4n) is 3.28. The molecule has 230 valence electrons. The Hall–Kier alpha value is 0.420. The maximum atomic E-state index is 11.4. The molecular weight excluding hydrogens is 649 g/mol. The van der Waals surface area contributed by atoms with Crippen molar-refractivity contribution in [3.8, 4) is 0 Å². The lowest BCUT2D eigenvalue weighted by Crippen LogP contribution is -2.34. The molecule has 0 saturated carbocycles. The van der Waals surface area contributed by atoms with Gasteiger partial charge in [-0.3, -0.25) is 52.4 Å². The van der Waals surface area contributed by atoms with Gasteiger partial charge in [0, 0.05) is 32.1 Å². The molecule has 24 heteroatoms. The van der Waals surface area contributed by atoms with Crippen LogP contribution in [0, 0.1) is 0 Å². The van der Waals surface area contributed by atoms with Crippen LogP contribution in [0.4, 0.5) is 0 Å². The van der Waals surface area contributed by atoms with E-state index in [1.807, 2.05) is 0 Å². The molecule has 0 aromatic heterocycles. The molecule has 0 aliphatic heterocycles. The van der Waals surface area contributed by atoms with E-state index in [9.17, 15) is 34.4 Å². The number of rotatable bonds is 23. The minimum Gasteiger partial charge on any atom is -0.284 e. The van der Waals surface area contributed by atoms with Crippen LogP contribution >= 0.6 is 0 Å². The second-order valence-electron chi connectivity index (χ2n) is 7.39. The van der Waals surface area contributed by atoms with E-state index in [1.165, 1.54) is 6.92 Å². The Bertz CT molecular complexity index is 829. The Kier molecular flexibility index (Phi) is 21.4. The normalized spacial score (nSPS) is 21.8. The Balaban J connectivity index is 5.85. The van der Waals surface area contributed by atoms with Gasteiger partial charge in [-0.2, -0.15) is 25.3 Å². The van der Waals surface area contributed by atoms with Crippen molar-refractivity contribution >= 4 is 68.2 Å². The zero-order valence-corrected chi connectivity index (χ0v) is 24.6. The van der Waals surface area contributed by atoms with Crippen LogP contribution < -0.4 is 0 Å². The van der Waals surface area contributed by atoms with E-state index in [0.29, 0.717) is 0 Å². The van der Waals surface area contributed by atoms with Crippen molar-refractivity contribution in [2.24, 2.45) is 0 Å². The van der Waals surface area contributed by atoms with E-state index in [1.54, 1.807) is 6.92 Å². The quantitative estimate of drug-likeness (QED) is 0.0802. The highest BCUT2D eigenvalue weighted by atomic mass is 32.2. The third-order valence-electron chi connectivity index (χ3n) is 4.49. The second kappa shape index (κ2) is 21.2. The molecule has 12 atom stereocenters. The van der Waals surface area contributed by atoms with Gasteiger partial charge in [-0.1, -0.05) is 6.92 Å². The van der Waals surface area contributed by atoms with Crippen LogP contribution in [-0.2, 0) is 93.3 Å². The molecule has 0 aliphatic rings. The van der Waals surface area contributed by atoms with Crippen LogP contribution in [-0.4, -0.2) is 89.2 Å². The van der Waals surface area contributed by atoms with Crippen LogP contribution in [0.25, 0.3) is 0 Å². The van der Waals surface area contributed by atoms with E-state index < -0.39 is 124 Å². The summed E-state index contributed by atoms with van der Waals surface area (Å²) >= 11 is -16.9. The molecule has 0 aliphatic carbocycles. The SMILES string of the molecule is CCC(CC(CC(CC(CC(CC(C)OS(=O)O)OS(=O)O)OS(=O)O)OS(=O)O)OS(=O)O)OS(=O)O. The van der Waals surface area contributed by atoms with E-state index in [4.69, 9.17) is 39.1 Å². The van der Waals surface area contributed by atoms with Gasteiger partial charge in [-0.25, -0.2) is 0 Å². The Morgan fingerprint density at radius 2 is 0.684 bits per heavy atom. The fraction of sp³-hybridized carbons (Fsp3) is 1.00. The average molecular weight is 679 g/mol. The van der Waals surface area contributed by atoms with E-state index in [2.05, 4.69) is 4.18 Å². The summed E-state index contributed by atoms with van der Waals surface area (Å²) in [6.45, 7) is 2.90. The Morgan fingerprint density at radius 3 is 0.947 bits per heavy atom. The van der Waals surface area contributed by atoms with Gasteiger partial charge in [0.15, 0.2) is 0 Å². The monoisotopic (exact) mass is 678 g/mol. The van der Waals surface area contributed by atoms with Crippen molar-refractivity contribution in [3.05, 3.63) is 0 Å². The van der Waals surface area contributed by atoms with Gasteiger partial charge in [0.05, 0.1) is 36.6 Å². The predicted molar refractivity (Wildman–Crippen MR) is 133 cm³/mol. The molecule has 0 spiro atoms. The molecule has 38 heavy (non-hydrogen) atoms. The molecule has 12 unspecified atom stereocenters. The minimum atomic E-state index is -2.92. The van der Waals surface area contributed by atoms with Crippen LogP contribution in [0.2, 0.25) is 0 Å². The summed E-state index contributed by atoms with van der Waals surface area (Å²) in [5, 5.41) is 0. The molecule has 0 bridgehead atoms. The Morgan fingerprint density at radius 1 is 0.447 bits per heavy atom. The van der Waals surface area contributed by atoms with Crippen LogP contribution in [0.1, 0.15) is 52.4 Å². The highest BCUT2D eigenvalue weighted by Crippen LogP contribution is 2.25. The van der Waals surface area contributed by atoms with Gasteiger partial charge in [0.2, 0.25) is 0 Å². The summed E-state index contributed by atoms with van der Waals surface area (Å²) in [5.41, 5.74) is 0. The van der Waals surface area contributed by atoms with Crippen molar-refractivity contribution < 1.29 is 77.7 Å². The first kappa shape index (κ1) is 38.4. The topological polar surface area (TPSA) is 279 Å². The minimum absolute atomic E-state index is 0.160. The predicted octanol–water partition coefficient (Wildman–Crippen LogP) is 0.498. The zero-order valence-electron chi connectivity index (χ0n) is 19.7. The summed E-state index contributed by atoms with van der Waals surface area (Å²) < 4.78 is 150. The summed E-state index contributed by atoms with van der Waals surface area (Å²) in [4.78, 5) is 0. The van der Waals surface area contributed by atoms with Gasteiger partial charge in [-0.15, -0.1) is 0 Å². The Labute approximate surface area is 234 Å². The van der Waals surface area contributed by atoms with Crippen LogP contribution in [0.15, 0.2) is 0 Å². The summed E-state index contributed by atoms with van der Waals surface area (Å²) in [6.07, 6.45) is -9.03. The maximum Gasteiger partial charge on any atom is 0.302 e. The van der Waals surface area contributed by atoms with Gasteiger partial charge in [-0.05, 0) is 13.3 Å². The van der Waals surface area contributed by atoms with Crippen molar-refractivity contribution in [2.45, 2.75) is 89.0 Å². The molecule has 0 amide bonds. The number of hydrogen-bond donors (Lipinski definition) is 6. The first-order chi connectivity index (χ1) is 17.6. The molecule has 0 aromatic carbocycles. The van der Waals surface area contributed by atoms with Gasteiger partial charge < -0.3 is 0 Å². The lowest BCUT2D eigenvalue weighted by atomic mass is 9.97. The van der Waals surface area contributed by atoms with E-state index in [-0.39, 0.29) is 19.3 Å². The van der Waals surface area contributed by atoms with E-state index in [0.717, 1.165) is 0 Å². The van der Waals surface area contributed by atoms with Crippen molar-refractivity contribution in [1.29, 1.82) is 0 Å². The van der Waals surface area contributed by atoms with Crippen molar-refractivity contribution in [2.75, 3.05) is 0 Å². The average Bonchev–Trinajstić information content (AvgIpc) is 2.69. The third-order valence-corrected chi connectivity index (χ3v) is 7.17. The smallest absolute Gasteiger partial charge is 0.284 e. The summed E-state index contributed by atoms with van der Waals surface area (Å²) in [5.74, 6) is 0. The molecule has 0 radical (unpaired) electrons. The molecule has 0 fully saturated rings. The van der Waals surface area contributed by atoms with Crippen molar-refractivity contribution in [3.63, 3.8) is 0 Å². The molecular formula is C14H30O18S6. The summed E-state index contributed by atoms with van der Waals surface area (Å²) in [7, 11) is 0.